The molecule has 0 bridgehead atoms. The number of alkyl halides is 3. The first kappa shape index (κ1) is 35.3. The third-order valence-electron chi connectivity index (χ3n) is 8.66. The third-order valence-corrected chi connectivity index (χ3v) is 13.2. The van der Waals surface area contributed by atoms with Crippen LogP contribution in [0.1, 0.15) is 62.0 Å². The Morgan fingerprint density at radius 3 is 2.16 bits per heavy atom. The largest absolute Gasteiger partial charge is 0.431 e. The van der Waals surface area contributed by atoms with Crippen LogP contribution in [0.25, 0.3) is 22.6 Å². The van der Waals surface area contributed by atoms with E-state index in [0.717, 1.165) is 82.8 Å². The Morgan fingerprint density at radius 1 is 0.878 bits per heavy atom. The lowest BCUT2D eigenvalue weighted by Crippen LogP contribution is -2.33. The van der Waals surface area contributed by atoms with E-state index in [0.29, 0.717) is 23.1 Å². The molecule has 256 valence electrons. The molecule has 0 N–H and O–H groups in total. The average Bonchev–Trinajstić information content (AvgIpc) is 3.62. The standard InChI is InChI=1S/C37H38BrF3N5OPS/c1-5-7-21-44(22-8-6-2)48(49)34-33(32-23-25(3)45(26(32)4)31-16-12-13-28(24-31)37(39,40)41)43-46(30-14-10-9-11-15-30)35(34)42-36(47-48)27-17-19-29(38)20-18-27/h9-20,23-24H,5-8,21-22H2,1-4H3. The van der Waals surface area contributed by atoms with Crippen LogP contribution < -0.4 is 5.30 Å². The van der Waals surface area contributed by atoms with Crippen molar-refractivity contribution in [3.8, 4) is 22.6 Å². The molecule has 3 heterocycles. The molecule has 0 aliphatic carbocycles. The Balaban J connectivity index is 1.64. The molecule has 0 fully saturated rings. The Kier molecular flexibility index (Phi) is 10.4. The van der Waals surface area contributed by atoms with Crippen molar-refractivity contribution in [1.82, 2.24) is 19.0 Å². The van der Waals surface area contributed by atoms with Gasteiger partial charge in [0.2, 0.25) is 12.3 Å². The van der Waals surface area contributed by atoms with Gasteiger partial charge in [-0.15, -0.1) is 0 Å². The van der Waals surface area contributed by atoms with Crippen LogP contribution in [-0.2, 0) is 22.5 Å². The molecule has 0 saturated carbocycles. The lowest BCUT2D eigenvalue weighted by molar-refractivity contribution is -0.137. The molecule has 0 spiro atoms. The van der Waals surface area contributed by atoms with Crippen molar-refractivity contribution in [3.05, 3.63) is 112 Å². The Morgan fingerprint density at radius 2 is 1.53 bits per heavy atom. The first-order chi connectivity index (χ1) is 23.5. The van der Waals surface area contributed by atoms with E-state index in [1.54, 1.807) is 6.07 Å². The second-order valence-electron chi connectivity index (χ2n) is 12.1. The highest BCUT2D eigenvalue weighted by atomic mass is 79.9. The van der Waals surface area contributed by atoms with Crippen molar-refractivity contribution in [2.75, 3.05) is 13.1 Å². The van der Waals surface area contributed by atoms with Crippen molar-refractivity contribution in [1.29, 1.82) is 0 Å². The molecule has 2 aromatic heterocycles. The average molecular weight is 769 g/mol. The monoisotopic (exact) mass is 767 g/mol. The van der Waals surface area contributed by atoms with E-state index in [9.17, 15) is 13.2 Å². The number of benzene rings is 3. The lowest BCUT2D eigenvalue weighted by Gasteiger charge is -2.37. The smallest absolute Gasteiger partial charge is 0.416 e. The SMILES string of the molecule is CCCCN(CCCC)P1(=S)OC(c2ccc(Br)cc2)=Nc2c1c(-c1cc(C)n(-c3cccc(C(F)(F)F)c3)c1C)nn2-c1ccccc1. The van der Waals surface area contributed by atoms with Gasteiger partial charge in [-0.25, -0.2) is 9.35 Å². The van der Waals surface area contributed by atoms with E-state index in [1.807, 2.05) is 83.8 Å². The van der Waals surface area contributed by atoms with Crippen molar-refractivity contribution in [2.24, 2.45) is 4.99 Å². The number of hydrogen-bond donors (Lipinski definition) is 0. The van der Waals surface area contributed by atoms with E-state index in [1.165, 1.54) is 12.1 Å². The summed E-state index contributed by atoms with van der Waals surface area (Å²) >= 11 is 10.3. The number of fused-ring (bicyclic) bond motifs is 1. The number of aryl methyl sites for hydroxylation is 1. The summed E-state index contributed by atoms with van der Waals surface area (Å²) < 4.78 is 55.2. The van der Waals surface area contributed by atoms with Gasteiger partial charge in [0.25, 0.3) is 0 Å². The number of unbranched alkanes of at least 4 members (excludes halogenated alkanes) is 2. The Labute approximate surface area is 298 Å². The van der Waals surface area contributed by atoms with Gasteiger partial charge in [0.15, 0.2) is 5.82 Å². The minimum Gasteiger partial charge on any atom is -0.431 e. The quantitative estimate of drug-likeness (QED) is 0.126. The molecule has 3 aromatic carbocycles. The molecule has 0 amide bonds. The fraction of sp³-hybridized carbons (Fsp3) is 0.297. The number of para-hydroxylation sites is 1. The fourth-order valence-electron chi connectivity index (χ4n) is 6.16. The number of halogens is 4. The minimum atomic E-state index is -4.46. The van der Waals surface area contributed by atoms with Gasteiger partial charge in [-0.05, 0) is 99.2 Å². The van der Waals surface area contributed by atoms with Crippen molar-refractivity contribution in [2.45, 2.75) is 59.6 Å². The van der Waals surface area contributed by atoms with Crippen molar-refractivity contribution < 1.29 is 17.7 Å². The zero-order valence-corrected chi connectivity index (χ0v) is 31.1. The zero-order chi connectivity index (χ0) is 34.9. The van der Waals surface area contributed by atoms with E-state index >= 15 is 0 Å². The third kappa shape index (κ3) is 6.96. The fourth-order valence-corrected chi connectivity index (χ4v) is 10.1. The number of hydrogen-bond acceptors (Lipinski definition) is 4. The van der Waals surface area contributed by atoms with Gasteiger partial charge >= 0.3 is 6.18 Å². The highest BCUT2D eigenvalue weighted by Gasteiger charge is 2.43. The number of nitrogens with zero attached hydrogens (tertiary/aromatic N) is 5. The summed E-state index contributed by atoms with van der Waals surface area (Å²) in [7, 11) is 0. The molecule has 49 heavy (non-hydrogen) atoms. The van der Waals surface area contributed by atoms with Crippen LogP contribution in [0.5, 0.6) is 0 Å². The highest BCUT2D eigenvalue weighted by molar-refractivity contribution is 9.10. The first-order valence-corrected chi connectivity index (χ1v) is 19.9. The lowest BCUT2D eigenvalue weighted by atomic mass is 10.1. The summed E-state index contributed by atoms with van der Waals surface area (Å²) in [5, 5.41) is 6.00. The van der Waals surface area contributed by atoms with E-state index in [-0.39, 0.29) is 0 Å². The maximum atomic E-state index is 13.8. The van der Waals surface area contributed by atoms with Gasteiger partial charge in [-0.2, -0.15) is 23.3 Å². The topological polar surface area (TPSA) is 47.6 Å². The summed E-state index contributed by atoms with van der Waals surface area (Å²) in [6.45, 7) is 9.63. The first-order valence-electron chi connectivity index (χ1n) is 16.4. The van der Waals surface area contributed by atoms with Crippen LogP contribution in [0, 0.1) is 13.8 Å². The van der Waals surface area contributed by atoms with Crippen LogP contribution >= 0.6 is 22.3 Å². The second-order valence-corrected chi connectivity index (χ2v) is 16.8. The molecule has 6 rings (SSSR count). The van der Waals surface area contributed by atoms with E-state index in [2.05, 4.69) is 34.4 Å². The molecule has 1 atom stereocenters. The Hall–Kier alpha value is -3.50. The van der Waals surface area contributed by atoms with Gasteiger partial charge in [-0.3, -0.25) is 0 Å². The number of aromatic nitrogens is 3. The number of aliphatic imine (C=N–C) groups is 1. The summed E-state index contributed by atoms with van der Waals surface area (Å²) in [4.78, 5) is 5.14. The summed E-state index contributed by atoms with van der Waals surface area (Å²) in [6.07, 6.45) is -3.65. The molecule has 1 aliphatic rings. The zero-order valence-electron chi connectivity index (χ0n) is 27.8. The summed E-state index contributed by atoms with van der Waals surface area (Å²) in [5.74, 6) is 1.05. The summed E-state index contributed by atoms with van der Waals surface area (Å²) in [6, 6.07) is 25.0. The highest BCUT2D eigenvalue weighted by Crippen LogP contribution is 2.58. The van der Waals surface area contributed by atoms with Crippen LogP contribution in [0.2, 0.25) is 0 Å². The molecule has 0 radical (unpaired) electrons. The second kappa shape index (κ2) is 14.4. The number of rotatable bonds is 11. The van der Waals surface area contributed by atoms with Crippen LogP contribution in [0.4, 0.5) is 19.0 Å². The van der Waals surface area contributed by atoms with Gasteiger partial charge < -0.3 is 9.09 Å². The Bertz CT molecular complexity index is 2030. The summed E-state index contributed by atoms with van der Waals surface area (Å²) in [5.41, 5.74) is 4.25. The van der Waals surface area contributed by atoms with Crippen LogP contribution in [0.3, 0.4) is 0 Å². The van der Waals surface area contributed by atoms with Crippen LogP contribution in [-0.4, -0.2) is 38.0 Å². The predicted molar refractivity (Wildman–Crippen MR) is 200 cm³/mol. The maximum absolute atomic E-state index is 13.8. The van der Waals surface area contributed by atoms with Crippen LogP contribution in [0.15, 0.2) is 94.4 Å². The van der Waals surface area contributed by atoms with Gasteiger partial charge in [0, 0.05) is 45.8 Å². The van der Waals surface area contributed by atoms with Crippen molar-refractivity contribution in [3.63, 3.8) is 0 Å². The van der Waals surface area contributed by atoms with Crippen molar-refractivity contribution >= 4 is 51.2 Å². The minimum absolute atomic E-state index is 0.422. The van der Waals surface area contributed by atoms with Gasteiger partial charge in [-0.1, -0.05) is 66.9 Å². The predicted octanol–water partition coefficient (Wildman–Crippen LogP) is 10.7. The molecule has 6 nitrogen and oxygen atoms in total. The van der Waals surface area contributed by atoms with E-state index in [4.69, 9.17) is 26.4 Å². The van der Waals surface area contributed by atoms with E-state index < -0.39 is 18.2 Å². The molecular formula is C37H38BrF3N5OPS. The van der Waals surface area contributed by atoms with Gasteiger partial charge in [0.05, 0.1) is 11.3 Å². The molecule has 12 heteroatoms. The molecule has 1 unspecified atom stereocenters. The maximum Gasteiger partial charge on any atom is 0.416 e. The van der Waals surface area contributed by atoms with Gasteiger partial charge in [0.1, 0.15) is 11.0 Å². The molecule has 5 aromatic rings. The molecule has 1 aliphatic heterocycles. The normalized spacial score (nSPS) is 16.1. The molecular weight excluding hydrogens is 730 g/mol. The molecule has 0 saturated heterocycles.